The van der Waals surface area contributed by atoms with E-state index in [4.69, 9.17) is 15.6 Å². The number of hydrogen-bond donors (Lipinski definition) is 2. The van der Waals surface area contributed by atoms with Crippen LogP contribution in [0.3, 0.4) is 0 Å². The molecule has 4 heteroatoms. The van der Waals surface area contributed by atoms with E-state index >= 15 is 0 Å². The Kier molecular flexibility index (Phi) is 3.80. The predicted octanol–water partition coefficient (Wildman–Crippen LogP) is 2.26. The molecule has 0 atom stereocenters. The monoisotopic (exact) mass is 259 g/mol. The molecule has 3 N–H and O–H groups in total. The van der Waals surface area contributed by atoms with E-state index in [1.807, 2.05) is 0 Å². The van der Waals surface area contributed by atoms with Crippen LogP contribution in [-0.2, 0) is 18.0 Å². The number of nitrogens with two attached hydrogens (primary N) is 1. The van der Waals surface area contributed by atoms with Gasteiger partial charge in [-0.15, -0.1) is 0 Å². The average molecular weight is 259 g/mol. The average Bonchev–Trinajstić information content (AvgIpc) is 2.93. The minimum atomic E-state index is 0.421. The molecule has 0 unspecified atom stereocenters. The van der Waals surface area contributed by atoms with Crippen molar-refractivity contribution in [3.63, 3.8) is 0 Å². The maximum atomic E-state index is 5.66. The molecule has 1 saturated carbocycles. The fraction of sp³-hybridized carbons (Fsp3) is 0.533. The first-order valence-corrected chi connectivity index (χ1v) is 7.11. The van der Waals surface area contributed by atoms with Gasteiger partial charge in [-0.1, -0.05) is 31.4 Å². The van der Waals surface area contributed by atoms with Gasteiger partial charge < -0.3 is 10.2 Å². The fourth-order valence-corrected chi connectivity index (χ4v) is 2.91. The van der Waals surface area contributed by atoms with Crippen molar-refractivity contribution >= 4 is 5.84 Å². The van der Waals surface area contributed by atoms with Crippen LogP contribution in [0.1, 0.15) is 48.8 Å². The van der Waals surface area contributed by atoms with Crippen molar-refractivity contribution < 1.29 is 4.74 Å². The van der Waals surface area contributed by atoms with Crippen molar-refractivity contribution in [1.29, 1.82) is 0 Å². The smallest absolute Gasteiger partial charge is 0.142 e. The van der Waals surface area contributed by atoms with Gasteiger partial charge in [-0.3, -0.25) is 4.99 Å². The second kappa shape index (κ2) is 5.72. The molecule has 0 spiro atoms. The van der Waals surface area contributed by atoms with E-state index in [2.05, 4.69) is 23.6 Å². The Labute approximate surface area is 114 Å². The predicted molar refractivity (Wildman–Crippen MR) is 75.7 cm³/mol. The SMILES string of the molecule is NNC(=NC1CCCCC1)c1ccc2c(c1)COC2. The lowest BCUT2D eigenvalue weighted by atomic mass is 9.96. The zero-order valence-electron chi connectivity index (χ0n) is 11.2. The fourth-order valence-electron chi connectivity index (χ4n) is 2.91. The highest BCUT2D eigenvalue weighted by molar-refractivity contribution is 5.98. The summed E-state index contributed by atoms with van der Waals surface area (Å²) in [6.07, 6.45) is 6.26. The van der Waals surface area contributed by atoms with E-state index in [0.29, 0.717) is 12.6 Å². The van der Waals surface area contributed by atoms with Gasteiger partial charge in [0.15, 0.2) is 0 Å². The van der Waals surface area contributed by atoms with Crippen LogP contribution in [0.4, 0.5) is 0 Å². The molecule has 1 aliphatic carbocycles. The third kappa shape index (κ3) is 2.80. The van der Waals surface area contributed by atoms with Gasteiger partial charge in [-0.05, 0) is 30.0 Å². The molecule has 19 heavy (non-hydrogen) atoms. The lowest BCUT2D eigenvalue weighted by Gasteiger charge is -2.19. The number of aliphatic imine (C=N–C) groups is 1. The summed E-state index contributed by atoms with van der Waals surface area (Å²) in [5, 5.41) is 0. The van der Waals surface area contributed by atoms with Crippen molar-refractivity contribution in [1.82, 2.24) is 5.43 Å². The van der Waals surface area contributed by atoms with Gasteiger partial charge in [0.25, 0.3) is 0 Å². The van der Waals surface area contributed by atoms with Crippen LogP contribution < -0.4 is 11.3 Å². The highest BCUT2D eigenvalue weighted by atomic mass is 16.5. The lowest BCUT2D eigenvalue weighted by Crippen LogP contribution is -2.32. The Morgan fingerprint density at radius 1 is 1.16 bits per heavy atom. The van der Waals surface area contributed by atoms with Crippen LogP contribution in [0.15, 0.2) is 23.2 Å². The molecule has 3 rings (SSSR count). The van der Waals surface area contributed by atoms with E-state index in [9.17, 15) is 0 Å². The van der Waals surface area contributed by atoms with Crippen molar-refractivity contribution in [3.05, 3.63) is 34.9 Å². The van der Waals surface area contributed by atoms with E-state index in [1.54, 1.807) is 0 Å². The summed E-state index contributed by atoms with van der Waals surface area (Å²) >= 11 is 0. The molecule has 1 aromatic rings. The Morgan fingerprint density at radius 2 is 1.95 bits per heavy atom. The van der Waals surface area contributed by atoms with Gasteiger partial charge in [-0.25, -0.2) is 5.84 Å². The van der Waals surface area contributed by atoms with E-state index in [1.165, 1.54) is 43.2 Å². The quantitative estimate of drug-likeness (QED) is 0.371. The molecular weight excluding hydrogens is 238 g/mol. The Balaban J connectivity index is 1.83. The van der Waals surface area contributed by atoms with E-state index in [0.717, 1.165) is 18.0 Å². The molecule has 4 nitrogen and oxygen atoms in total. The van der Waals surface area contributed by atoms with Crippen LogP contribution in [0, 0.1) is 0 Å². The molecular formula is C15H21N3O. The summed E-state index contributed by atoms with van der Waals surface area (Å²) in [6.45, 7) is 1.42. The number of nitrogens with one attached hydrogen (secondary N) is 1. The Hall–Kier alpha value is -1.39. The zero-order chi connectivity index (χ0) is 13.1. The first kappa shape index (κ1) is 12.6. The number of rotatable bonds is 2. The van der Waals surface area contributed by atoms with Crippen LogP contribution >= 0.6 is 0 Å². The molecule has 0 aromatic heterocycles. The second-order valence-corrected chi connectivity index (χ2v) is 5.39. The summed E-state index contributed by atoms with van der Waals surface area (Å²) < 4.78 is 5.44. The van der Waals surface area contributed by atoms with Gasteiger partial charge in [0.2, 0.25) is 0 Å². The number of hydrogen-bond acceptors (Lipinski definition) is 3. The summed E-state index contributed by atoms with van der Waals surface area (Å²) in [7, 11) is 0. The highest BCUT2D eigenvalue weighted by Gasteiger charge is 2.16. The molecule has 102 valence electrons. The molecule has 2 aliphatic rings. The normalized spacial score (nSPS) is 20.4. The minimum absolute atomic E-state index is 0.421. The molecule has 0 amide bonds. The van der Waals surface area contributed by atoms with Crippen LogP contribution in [0.5, 0.6) is 0 Å². The minimum Gasteiger partial charge on any atom is -0.372 e. The molecule has 0 saturated heterocycles. The number of ether oxygens (including phenoxy) is 1. The number of fused-ring (bicyclic) bond motifs is 1. The van der Waals surface area contributed by atoms with Crippen LogP contribution in [0.25, 0.3) is 0 Å². The number of hydrazine groups is 1. The van der Waals surface area contributed by atoms with Crippen LogP contribution in [0.2, 0.25) is 0 Å². The summed E-state index contributed by atoms with van der Waals surface area (Å²) in [5.74, 6) is 6.46. The topological polar surface area (TPSA) is 59.6 Å². The Morgan fingerprint density at radius 3 is 2.74 bits per heavy atom. The third-order valence-corrected chi connectivity index (χ3v) is 4.02. The summed E-state index contributed by atoms with van der Waals surface area (Å²) in [4.78, 5) is 4.79. The van der Waals surface area contributed by atoms with Crippen LogP contribution in [-0.4, -0.2) is 11.9 Å². The summed E-state index contributed by atoms with van der Waals surface area (Å²) in [5.41, 5.74) is 6.36. The molecule has 1 fully saturated rings. The third-order valence-electron chi connectivity index (χ3n) is 4.02. The number of nitrogens with zero attached hydrogens (tertiary/aromatic N) is 1. The lowest BCUT2D eigenvalue weighted by molar-refractivity contribution is 0.134. The van der Waals surface area contributed by atoms with Crippen molar-refractivity contribution in [2.24, 2.45) is 10.8 Å². The Bertz CT molecular complexity index is 478. The number of amidine groups is 1. The van der Waals surface area contributed by atoms with Gasteiger partial charge in [0.1, 0.15) is 5.84 Å². The maximum absolute atomic E-state index is 5.66. The van der Waals surface area contributed by atoms with Gasteiger partial charge >= 0.3 is 0 Å². The standard InChI is InChI=1S/C15H21N3O/c16-18-15(17-14-4-2-1-3-5-14)11-6-7-12-9-19-10-13(12)8-11/h6-8,14H,1-5,9-10,16H2,(H,17,18). The van der Waals surface area contributed by atoms with Gasteiger partial charge in [0.05, 0.1) is 19.3 Å². The highest BCUT2D eigenvalue weighted by Crippen LogP contribution is 2.23. The summed E-state index contributed by atoms with van der Waals surface area (Å²) in [6, 6.07) is 6.76. The van der Waals surface area contributed by atoms with Crippen molar-refractivity contribution in [2.75, 3.05) is 0 Å². The largest absolute Gasteiger partial charge is 0.372 e. The molecule has 0 radical (unpaired) electrons. The maximum Gasteiger partial charge on any atom is 0.142 e. The molecule has 1 aliphatic heterocycles. The molecule has 1 heterocycles. The van der Waals surface area contributed by atoms with Crippen molar-refractivity contribution in [2.45, 2.75) is 51.4 Å². The number of benzene rings is 1. The van der Waals surface area contributed by atoms with Gasteiger partial charge in [0, 0.05) is 5.56 Å². The van der Waals surface area contributed by atoms with E-state index < -0.39 is 0 Å². The van der Waals surface area contributed by atoms with Crippen molar-refractivity contribution in [3.8, 4) is 0 Å². The second-order valence-electron chi connectivity index (χ2n) is 5.39. The molecule has 1 aromatic carbocycles. The van der Waals surface area contributed by atoms with Gasteiger partial charge in [-0.2, -0.15) is 0 Å². The van der Waals surface area contributed by atoms with E-state index in [-0.39, 0.29) is 0 Å². The molecule has 0 bridgehead atoms. The first-order valence-electron chi connectivity index (χ1n) is 7.11. The zero-order valence-corrected chi connectivity index (χ0v) is 11.2. The first-order chi connectivity index (χ1) is 9.36.